The fraction of sp³-hybridized carbons (Fsp3) is 0.360. The molecule has 1 saturated heterocycles. The molecule has 1 unspecified atom stereocenters. The van der Waals surface area contributed by atoms with Gasteiger partial charge in [-0.2, -0.15) is 5.10 Å². The number of carbonyl (C=O) groups excluding carboxylic acids is 1. The summed E-state index contributed by atoms with van der Waals surface area (Å²) in [6.45, 7) is 6.35. The van der Waals surface area contributed by atoms with Crippen LogP contribution in [0.15, 0.2) is 48.5 Å². The normalized spacial score (nSPS) is 17.4. The van der Waals surface area contributed by atoms with Crippen LogP contribution in [0.25, 0.3) is 11.3 Å². The van der Waals surface area contributed by atoms with E-state index in [0.29, 0.717) is 35.7 Å². The maximum absolute atomic E-state index is 13.5. The maximum Gasteiger partial charge on any atom is 0.272 e. The monoisotopic (exact) mass is 467 g/mol. The van der Waals surface area contributed by atoms with Gasteiger partial charge in [-0.3, -0.25) is 9.89 Å². The highest BCUT2D eigenvalue weighted by molar-refractivity contribution is 7.91. The van der Waals surface area contributed by atoms with E-state index in [9.17, 15) is 18.3 Å². The molecule has 0 saturated carbocycles. The van der Waals surface area contributed by atoms with Gasteiger partial charge < -0.3 is 10.0 Å². The van der Waals surface area contributed by atoms with Gasteiger partial charge in [-0.05, 0) is 48.1 Å². The highest BCUT2D eigenvalue weighted by Crippen LogP contribution is 2.31. The van der Waals surface area contributed by atoms with E-state index in [0.717, 1.165) is 5.56 Å². The third kappa shape index (κ3) is 4.95. The lowest BCUT2D eigenvalue weighted by atomic mass is 10.0. The lowest BCUT2D eigenvalue weighted by Gasteiger charge is -2.28. The first-order valence-electron chi connectivity index (χ1n) is 11.1. The molecular formula is C25H29N3O4S. The van der Waals surface area contributed by atoms with Crippen molar-refractivity contribution in [3.63, 3.8) is 0 Å². The first-order chi connectivity index (χ1) is 15.6. The van der Waals surface area contributed by atoms with Crippen molar-refractivity contribution in [2.75, 3.05) is 11.5 Å². The highest BCUT2D eigenvalue weighted by atomic mass is 32.2. The van der Waals surface area contributed by atoms with Crippen LogP contribution in [0.4, 0.5) is 0 Å². The van der Waals surface area contributed by atoms with Crippen molar-refractivity contribution in [3.8, 4) is 17.0 Å². The van der Waals surface area contributed by atoms with E-state index in [1.54, 1.807) is 30.0 Å². The number of benzene rings is 2. The molecule has 1 aliphatic heterocycles. The Kier molecular flexibility index (Phi) is 6.30. The average molecular weight is 468 g/mol. The quantitative estimate of drug-likeness (QED) is 0.569. The third-order valence-electron chi connectivity index (χ3n) is 6.23. The first-order valence-corrected chi connectivity index (χ1v) is 12.9. The summed E-state index contributed by atoms with van der Waals surface area (Å²) in [4.78, 5) is 15.1. The van der Waals surface area contributed by atoms with Gasteiger partial charge in [-0.15, -0.1) is 0 Å². The Bertz CT molecular complexity index is 1260. The number of aryl methyl sites for hydroxylation is 1. The van der Waals surface area contributed by atoms with Gasteiger partial charge in [0.15, 0.2) is 9.84 Å². The number of H-pyrrole nitrogens is 1. The van der Waals surface area contributed by atoms with Crippen molar-refractivity contribution < 1.29 is 18.3 Å². The molecule has 4 rings (SSSR count). The number of amides is 1. The van der Waals surface area contributed by atoms with Crippen LogP contribution in [0.5, 0.6) is 5.75 Å². The predicted molar refractivity (Wildman–Crippen MR) is 128 cm³/mol. The average Bonchev–Trinajstić information content (AvgIpc) is 3.40. The zero-order chi connectivity index (χ0) is 23.8. The summed E-state index contributed by atoms with van der Waals surface area (Å²) in [5, 5.41) is 17.4. The first kappa shape index (κ1) is 23.0. The zero-order valence-electron chi connectivity index (χ0n) is 19.1. The van der Waals surface area contributed by atoms with Gasteiger partial charge in [0, 0.05) is 18.2 Å². The van der Waals surface area contributed by atoms with E-state index in [4.69, 9.17) is 0 Å². The van der Waals surface area contributed by atoms with Crippen LogP contribution < -0.4 is 0 Å². The fourth-order valence-electron chi connectivity index (χ4n) is 4.18. The van der Waals surface area contributed by atoms with Crippen LogP contribution >= 0.6 is 0 Å². The minimum absolute atomic E-state index is 0.0392. The molecule has 3 aromatic rings. The number of aromatic nitrogens is 2. The summed E-state index contributed by atoms with van der Waals surface area (Å²) in [5.41, 5.74) is 4.11. The molecule has 0 bridgehead atoms. The molecular weight excluding hydrogens is 438 g/mol. The Morgan fingerprint density at radius 3 is 2.58 bits per heavy atom. The molecule has 0 spiro atoms. The molecule has 1 amide bonds. The lowest BCUT2D eigenvalue weighted by Crippen LogP contribution is -2.40. The number of hydrogen-bond donors (Lipinski definition) is 2. The smallest absolute Gasteiger partial charge is 0.272 e. The van der Waals surface area contributed by atoms with Crippen LogP contribution in [0.1, 0.15) is 53.4 Å². The Morgan fingerprint density at radius 1 is 1.21 bits per heavy atom. The van der Waals surface area contributed by atoms with Crippen molar-refractivity contribution in [2.45, 2.75) is 45.7 Å². The molecule has 33 heavy (non-hydrogen) atoms. The van der Waals surface area contributed by atoms with Gasteiger partial charge >= 0.3 is 0 Å². The Balaban J connectivity index is 1.63. The number of para-hydroxylation sites is 1. The number of aromatic hydroxyl groups is 1. The summed E-state index contributed by atoms with van der Waals surface area (Å²) in [5.74, 6) is 0.253. The predicted octanol–water partition coefficient (Wildman–Crippen LogP) is 4.04. The van der Waals surface area contributed by atoms with E-state index < -0.39 is 15.9 Å². The highest BCUT2D eigenvalue weighted by Gasteiger charge is 2.35. The van der Waals surface area contributed by atoms with Gasteiger partial charge in [-0.1, -0.05) is 50.2 Å². The SMILES string of the molecule is Cc1cccc(-c2cc(C(=O)N(Cc3ccc(C(C)C)cc3)C3CCS(=O)(=O)C3)[nH]n2)c1O. The summed E-state index contributed by atoms with van der Waals surface area (Å²) in [7, 11) is -3.17. The molecule has 1 atom stereocenters. The molecule has 1 aromatic heterocycles. The number of rotatable bonds is 6. The van der Waals surface area contributed by atoms with Crippen molar-refractivity contribution in [3.05, 3.63) is 70.9 Å². The maximum atomic E-state index is 13.5. The van der Waals surface area contributed by atoms with E-state index in [-0.39, 0.29) is 28.9 Å². The number of phenols is 1. The second-order valence-electron chi connectivity index (χ2n) is 9.02. The van der Waals surface area contributed by atoms with Gasteiger partial charge in [-0.25, -0.2) is 8.42 Å². The van der Waals surface area contributed by atoms with Crippen LogP contribution in [0, 0.1) is 6.92 Å². The number of hydrogen-bond acceptors (Lipinski definition) is 5. The standard InChI is InChI=1S/C25H29N3O4S/c1-16(2)19-9-7-18(8-10-19)14-28(20-11-12-33(31,32)15-20)25(30)23-13-22(26-27-23)21-6-4-5-17(3)24(21)29/h4-10,13,16,20,29H,11-12,14-15H2,1-3H3,(H,26,27). The minimum atomic E-state index is -3.17. The number of phenolic OH excluding ortho intramolecular Hbond substituents is 1. The van der Waals surface area contributed by atoms with Crippen LogP contribution in [0.2, 0.25) is 0 Å². The molecule has 1 aliphatic rings. The Hall–Kier alpha value is -3.13. The summed E-state index contributed by atoms with van der Waals surface area (Å²) in [6.07, 6.45) is 0.414. The molecule has 2 aromatic carbocycles. The van der Waals surface area contributed by atoms with Gasteiger partial charge in [0.05, 0.1) is 17.2 Å². The van der Waals surface area contributed by atoms with Gasteiger partial charge in [0.25, 0.3) is 5.91 Å². The Morgan fingerprint density at radius 2 is 1.94 bits per heavy atom. The number of carbonyl (C=O) groups is 1. The van der Waals surface area contributed by atoms with Crippen molar-refractivity contribution in [2.24, 2.45) is 0 Å². The Labute approximate surface area is 194 Å². The van der Waals surface area contributed by atoms with Gasteiger partial charge in [0.2, 0.25) is 0 Å². The molecule has 0 aliphatic carbocycles. The number of aromatic amines is 1. The topological polar surface area (TPSA) is 103 Å². The second-order valence-corrected chi connectivity index (χ2v) is 11.3. The van der Waals surface area contributed by atoms with E-state index in [1.807, 2.05) is 30.3 Å². The largest absolute Gasteiger partial charge is 0.507 e. The van der Waals surface area contributed by atoms with Crippen molar-refractivity contribution in [1.29, 1.82) is 0 Å². The fourth-order valence-corrected chi connectivity index (χ4v) is 5.91. The molecule has 7 nitrogen and oxygen atoms in total. The van der Waals surface area contributed by atoms with Crippen LogP contribution in [-0.2, 0) is 16.4 Å². The summed E-state index contributed by atoms with van der Waals surface area (Å²) < 4.78 is 24.3. The number of nitrogens with one attached hydrogen (secondary N) is 1. The number of sulfone groups is 1. The second kappa shape index (κ2) is 9.02. The molecule has 2 heterocycles. The molecule has 174 valence electrons. The van der Waals surface area contributed by atoms with E-state index in [2.05, 4.69) is 24.0 Å². The molecule has 2 N–H and O–H groups in total. The van der Waals surface area contributed by atoms with Crippen LogP contribution in [0.3, 0.4) is 0 Å². The summed E-state index contributed by atoms with van der Waals surface area (Å²) >= 11 is 0. The van der Waals surface area contributed by atoms with Crippen molar-refractivity contribution >= 4 is 15.7 Å². The summed E-state index contributed by atoms with van der Waals surface area (Å²) in [6, 6.07) is 14.6. The van der Waals surface area contributed by atoms with E-state index >= 15 is 0 Å². The lowest BCUT2D eigenvalue weighted by molar-refractivity contribution is 0.0674. The van der Waals surface area contributed by atoms with Crippen molar-refractivity contribution in [1.82, 2.24) is 15.1 Å². The van der Waals surface area contributed by atoms with Crippen LogP contribution in [-0.4, -0.2) is 52.1 Å². The molecule has 0 radical (unpaired) electrons. The number of nitrogens with zero attached hydrogens (tertiary/aromatic N) is 2. The minimum Gasteiger partial charge on any atom is -0.507 e. The third-order valence-corrected chi connectivity index (χ3v) is 7.98. The zero-order valence-corrected chi connectivity index (χ0v) is 19.9. The van der Waals surface area contributed by atoms with Gasteiger partial charge in [0.1, 0.15) is 11.4 Å². The molecule has 8 heteroatoms. The van der Waals surface area contributed by atoms with E-state index in [1.165, 1.54) is 5.56 Å². The molecule has 1 fully saturated rings.